The van der Waals surface area contributed by atoms with Gasteiger partial charge in [-0.25, -0.2) is 0 Å². The monoisotopic (exact) mass is 275 g/mol. The zero-order valence-electron chi connectivity index (χ0n) is 12.5. The molecular weight excluding hydrogens is 250 g/mol. The minimum atomic E-state index is 0.177. The standard InChI is InChI=1S/C16H25N3O/c1-18(2)13-16(20)19-11-7-6-10-15(19)17-12-14-8-4-3-5-9-14/h3-5,8-9,15,17H,6-7,10-13H2,1-2H3. The summed E-state index contributed by atoms with van der Waals surface area (Å²) in [5.74, 6) is 0.222. The Morgan fingerprint density at radius 3 is 2.75 bits per heavy atom. The maximum Gasteiger partial charge on any atom is 0.237 e. The summed E-state index contributed by atoms with van der Waals surface area (Å²) in [5, 5.41) is 3.53. The van der Waals surface area contributed by atoms with E-state index < -0.39 is 0 Å². The molecule has 4 nitrogen and oxygen atoms in total. The first kappa shape index (κ1) is 15.0. The van der Waals surface area contributed by atoms with Crippen LogP contribution in [0.25, 0.3) is 0 Å². The van der Waals surface area contributed by atoms with Crippen LogP contribution in [0, 0.1) is 0 Å². The minimum Gasteiger partial charge on any atom is -0.326 e. The van der Waals surface area contributed by atoms with Gasteiger partial charge in [0.1, 0.15) is 0 Å². The number of amides is 1. The fourth-order valence-electron chi connectivity index (χ4n) is 2.64. The number of benzene rings is 1. The molecule has 1 unspecified atom stereocenters. The van der Waals surface area contributed by atoms with Crippen molar-refractivity contribution in [1.82, 2.24) is 15.1 Å². The van der Waals surface area contributed by atoms with Gasteiger partial charge in [-0.15, -0.1) is 0 Å². The third-order valence-corrected chi connectivity index (χ3v) is 3.66. The van der Waals surface area contributed by atoms with Gasteiger partial charge in [-0.05, 0) is 38.9 Å². The minimum absolute atomic E-state index is 0.177. The topological polar surface area (TPSA) is 35.6 Å². The SMILES string of the molecule is CN(C)CC(=O)N1CCCCC1NCc1ccccc1. The smallest absolute Gasteiger partial charge is 0.237 e. The molecule has 2 rings (SSSR count). The van der Waals surface area contributed by atoms with E-state index in [-0.39, 0.29) is 12.1 Å². The Morgan fingerprint density at radius 1 is 1.30 bits per heavy atom. The average molecular weight is 275 g/mol. The molecule has 4 heteroatoms. The van der Waals surface area contributed by atoms with Gasteiger partial charge in [0.2, 0.25) is 5.91 Å². The number of nitrogens with one attached hydrogen (secondary N) is 1. The predicted molar refractivity (Wildman–Crippen MR) is 81.2 cm³/mol. The Morgan fingerprint density at radius 2 is 2.05 bits per heavy atom. The lowest BCUT2D eigenvalue weighted by atomic mass is 10.1. The highest BCUT2D eigenvalue weighted by atomic mass is 16.2. The molecule has 1 heterocycles. The average Bonchev–Trinajstić information content (AvgIpc) is 2.46. The number of nitrogens with zero attached hydrogens (tertiary/aromatic N) is 2. The van der Waals surface area contributed by atoms with Crippen LogP contribution in [-0.2, 0) is 11.3 Å². The molecule has 1 saturated heterocycles. The second-order valence-corrected chi connectivity index (χ2v) is 5.70. The molecule has 0 aromatic heterocycles. The number of hydrogen-bond acceptors (Lipinski definition) is 3. The van der Waals surface area contributed by atoms with Gasteiger partial charge >= 0.3 is 0 Å². The van der Waals surface area contributed by atoms with Crippen LogP contribution < -0.4 is 5.32 Å². The van der Waals surface area contributed by atoms with E-state index in [0.717, 1.165) is 25.9 Å². The summed E-state index contributed by atoms with van der Waals surface area (Å²) in [5.41, 5.74) is 1.26. The molecule has 1 aliphatic heterocycles. The van der Waals surface area contributed by atoms with Crippen LogP contribution in [0.3, 0.4) is 0 Å². The third kappa shape index (κ3) is 4.32. The molecule has 0 saturated carbocycles. The molecule has 20 heavy (non-hydrogen) atoms. The van der Waals surface area contributed by atoms with Gasteiger partial charge in [-0.2, -0.15) is 0 Å². The van der Waals surface area contributed by atoms with E-state index in [1.54, 1.807) is 0 Å². The van der Waals surface area contributed by atoms with Crippen LogP contribution in [0.4, 0.5) is 0 Å². The summed E-state index contributed by atoms with van der Waals surface area (Å²) in [6.07, 6.45) is 3.53. The van der Waals surface area contributed by atoms with E-state index in [9.17, 15) is 4.79 Å². The molecule has 0 radical (unpaired) electrons. The normalized spacial score (nSPS) is 19.4. The molecule has 1 atom stereocenters. The van der Waals surface area contributed by atoms with Crippen molar-refractivity contribution >= 4 is 5.91 Å². The Labute approximate surface area is 121 Å². The van der Waals surface area contributed by atoms with E-state index in [1.807, 2.05) is 42.1 Å². The van der Waals surface area contributed by atoms with Gasteiger partial charge in [0.15, 0.2) is 0 Å². The number of piperidine rings is 1. The molecule has 0 aliphatic carbocycles. The van der Waals surface area contributed by atoms with Crippen LogP contribution in [0.5, 0.6) is 0 Å². The summed E-state index contributed by atoms with van der Waals surface area (Å²) >= 11 is 0. The fourth-order valence-corrected chi connectivity index (χ4v) is 2.64. The number of likely N-dealkylation sites (tertiary alicyclic amines) is 1. The van der Waals surface area contributed by atoms with Crippen molar-refractivity contribution in [3.05, 3.63) is 35.9 Å². The van der Waals surface area contributed by atoms with E-state index in [4.69, 9.17) is 0 Å². The second-order valence-electron chi connectivity index (χ2n) is 5.70. The van der Waals surface area contributed by atoms with Crippen molar-refractivity contribution in [3.8, 4) is 0 Å². The summed E-state index contributed by atoms with van der Waals surface area (Å²) in [6.45, 7) is 2.18. The van der Waals surface area contributed by atoms with Crippen molar-refractivity contribution in [1.29, 1.82) is 0 Å². The first-order chi connectivity index (χ1) is 9.66. The van der Waals surface area contributed by atoms with Gasteiger partial charge in [-0.1, -0.05) is 30.3 Å². The van der Waals surface area contributed by atoms with Gasteiger partial charge < -0.3 is 9.80 Å². The highest BCUT2D eigenvalue weighted by molar-refractivity contribution is 5.78. The van der Waals surface area contributed by atoms with E-state index in [1.165, 1.54) is 12.0 Å². The van der Waals surface area contributed by atoms with Crippen LogP contribution in [0.2, 0.25) is 0 Å². The summed E-state index contributed by atoms with van der Waals surface area (Å²) in [4.78, 5) is 16.2. The lowest BCUT2D eigenvalue weighted by Gasteiger charge is -2.37. The molecule has 0 bridgehead atoms. The molecule has 110 valence electrons. The number of carbonyl (C=O) groups excluding carboxylic acids is 1. The lowest BCUT2D eigenvalue weighted by Crippen LogP contribution is -2.53. The summed E-state index contributed by atoms with van der Waals surface area (Å²) < 4.78 is 0. The van der Waals surface area contributed by atoms with Gasteiger partial charge in [-0.3, -0.25) is 10.1 Å². The van der Waals surface area contributed by atoms with Crippen molar-refractivity contribution in [2.24, 2.45) is 0 Å². The number of hydrogen-bond donors (Lipinski definition) is 1. The van der Waals surface area contributed by atoms with E-state index >= 15 is 0 Å². The third-order valence-electron chi connectivity index (χ3n) is 3.66. The number of likely N-dealkylation sites (N-methyl/N-ethyl adjacent to an activating group) is 1. The van der Waals surface area contributed by atoms with Crippen molar-refractivity contribution in [2.75, 3.05) is 27.2 Å². The quantitative estimate of drug-likeness (QED) is 0.888. The summed E-state index contributed by atoms with van der Waals surface area (Å²) in [6, 6.07) is 10.3. The van der Waals surface area contributed by atoms with E-state index in [0.29, 0.717) is 6.54 Å². The van der Waals surface area contributed by atoms with Crippen LogP contribution in [-0.4, -0.2) is 49.1 Å². The molecular formula is C16H25N3O. The second kappa shape index (κ2) is 7.41. The maximum absolute atomic E-state index is 12.3. The molecule has 0 spiro atoms. The van der Waals surface area contributed by atoms with Crippen molar-refractivity contribution in [2.45, 2.75) is 32.0 Å². The summed E-state index contributed by atoms with van der Waals surface area (Å²) in [7, 11) is 3.88. The Kier molecular flexibility index (Phi) is 5.56. The number of rotatable bonds is 5. The Hall–Kier alpha value is -1.39. The largest absolute Gasteiger partial charge is 0.326 e. The predicted octanol–water partition coefficient (Wildman–Crippen LogP) is 1.68. The van der Waals surface area contributed by atoms with E-state index in [2.05, 4.69) is 17.4 Å². The zero-order valence-corrected chi connectivity index (χ0v) is 12.5. The highest BCUT2D eigenvalue weighted by Gasteiger charge is 2.26. The molecule has 1 aliphatic rings. The molecule has 1 aromatic carbocycles. The maximum atomic E-state index is 12.3. The zero-order chi connectivity index (χ0) is 14.4. The van der Waals surface area contributed by atoms with Crippen molar-refractivity contribution in [3.63, 3.8) is 0 Å². The van der Waals surface area contributed by atoms with Crippen molar-refractivity contribution < 1.29 is 4.79 Å². The van der Waals surface area contributed by atoms with Gasteiger partial charge in [0, 0.05) is 13.1 Å². The van der Waals surface area contributed by atoms with Crippen LogP contribution >= 0.6 is 0 Å². The Bertz CT molecular complexity index is 419. The van der Waals surface area contributed by atoms with Gasteiger partial charge in [0.05, 0.1) is 12.7 Å². The van der Waals surface area contributed by atoms with Gasteiger partial charge in [0.25, 0.3) is 0 Å². The van der Waals surface area contributed by atoms with Crippen LogP contribution in [0.1, 0.15) is 24.8 Å². The molecule has 1 fully saturated rings. The lowest BCUT2D eigenvalue weighted by molar-refractivity contribution is -0.136. The number of carbonyl (C=O) groups is 1. The van der Waals surface area contributed by atoms with Crippen LogP contribution in [0.15, 0.2) is 30.3 Å². The fraction of sp³-hybridized carbons (Fsp3) is 0.562. The molecule has 1 amide bonds. The first-order valence-corrected chi connectivity index (χ1v) is 7.38. The Balaban J connectivity index is 1.91. The molecule has 1 N–H and O–H groups in total. The first-order valence-electron chi connectivity index (χ1n) is 7.38. The molecule has 1 aromatic rings. The highest BCUT2D eigenvalue weighted by Crippen LogP contribution is 2.16.